The van der Waals surface area contributed by atoms with E-state index in [1.807, 2.05) is 18.2 Å². The zero-order chi connectivity index (χ0) is 22.9. The van der Waals surface area contributed by atoms with Gasteiger partial charge in [-0.05, 0) is 67.1 Å². The van der Waals surface area contributed by atoms with Crippen molar-refractivity contribution in [2.75, 3.05) is 5.88 Å². The standard InChI is InChI=1S/C28H25ClFN3/c29-18-6-2-5-11-26-32-27(23-12-14-25(30)15-13-23)28(24-16-19-31-20-17-24)33(26)21-7-10-22-8-3-1-4-9-22/h1,3-4,8-9,12-17,19-20H,2,6-7,10,18,21H2. The molecule has 33 heavy (non-hydrogen) atoms. The first kappa shape index (κ1) is 22.8. The Morgan fingerprint density at radius 2 is 1.64 bits per heavy atom. The largest absolute Gasteiger partial charge is 0.317 e. The summed E-state index contributed by atoms with van der Waals surface area (Å²) < 4.78 is 15.8. The van der Waals surface area contributed by atoms with Crippen LogP contribution in [0.15, 0.2) is 79.1 Å². The first-order valence-corrected chi connectivity index (χ1v) is 11.7. The number of unbranched alkanes of at least 4 members (excludes halogenated alkanes) is 1. The fraction of sp³-hybridized carbons (Fsp3) is 0.214. The van der Waals surface area contributed by atoms with Gasteiger partial charge in [0.25, 0.3) is 0 Å². The van der Waals surface area contributed by atoms with Crippen LogP contribution in [0, 0.1) is 17.7 Å². The van der Waals surface area contributed by atoms with Crippen LogP contribution in [-0.2, 0) is 13.0 Å². The van der Waals surface area contributed by atoms with Gasteiger partial charge in [-0.2, -0.15) is 0 Å². The molecule has 0 N–H and O–H groups in total. The Bertz CT molecular complexity index is 1220. The number of benzene rings is 2. The second-order valence-corrected chi connectivity index (χ2v) is 8.09. The number of alkyl halides is 1. The third-order valence-electron chi connectivity index (χ3n) is 5.36. The predicted molar refractivity (Wildman–Crippen MR) is 132 cm³/mol. The van der Waals surface area contributed by atoms with Gasteiger partial charge in [-0.25, -0.2) is 9.37 Å². The molecule has 0 spiro atoms. The molecule has 0 aliphatic heterocycles. The Morgan fingerprint density at radius 1 is 0.879 bits per heavy atom. The topological polar surface area (TPSA) is 30.7 Å². The van der Waals surface area contributed by atoms with E-state index in [-0.39, 0.29) is 5.82 Å². The zero-order valence-electron chi connectivity index (χ0n) is 18.3. The van der Waals surface area contributed by atoms with Crippen molar-refractivity contribution >= 4 is 11.6 Å². The highest BCUT2D eigenvalue weighted by Gasteiger charge is 2.19. The predicted octanol–water partition coefficient (Wildman–Crippen LogP) is 6.75. The molecule has 166 valence electrons. The molecular formula is C28H25ClFN3. The molecule has 0 fully saturated rings. The van der Waals surface area contributed by atoms with Gasteiger partial charge in [0, 0.05) is 42.4 Å². The molecule has 5 heteroatoms. The normalized spacial score (nSPS) is 10.6. The number of nitrogens with zero attached hydrogens (tertiary/aromatic N) is 3. The molecule has 0 radical (unpaired) electrons. The molecular weight excluding hydrogens is 433 g/mol. The Hall–Kier alpha value is -3.42. The van der Waals surface area contributed by atoms with Crippen molar-refractivity contribution in [3.05, 3.63) is 96.3 Å². The van der Waals surface area contributed by atoms with Crippen LogP contribution in [0.5, 0.6) is 0 Å². The lowest BCUT2D eigenvalue weighted by Gasteiger charge is -2.12. The lowest BCUT2D eigenvalue weighted by atomic mass is 10.1. The van der Waals surface area contributed by atoms with Crippen LogP contribution in [-0.4, -0.2) is 20.4 Å². The average molecular weight is 458 g/mol. The van der Waals surface area contributed by atoms with E-state index in [9.17, 15) is 4.39 Å². The Balaban J connectivity index is 1.77. The van der Waals surface area contributed by atoms with Crippen molar-refractivity contribution in [3.63, 3.8) is 0 Å². The molecule has 4 aromatic rings. The third kappa shape index (κ3) is 5.88. The molecule has 0 unspecified atom stereocenters. The molecule has 4 rings (SSSR count). The maximum atomic E-state index is 13.6. The number of aryl methyl sites for hydroxylation is 1. The molecule has 0 aliphatic carbocycles. The van der Waals surface area contributed by atoms with E-state index in [1.165, 1.54) is 17.7 Å². The van der Waals surface area contributed by atoms with Crippen molar-refractivity contribution in [2.45, 2.75) is 32.2 Å². The van der Waals surface area contributed by atoms with Crippen LogP contribution >= 0.6 is 11.6 Å². The lowest BCUT2D eigenvalue weighted by Crippen LogP contribution is -2.05. The second-order valence-electron chi connectivity index (χ2n) is 7.71. The van der Waals surface area contributed by atoms with E-state index in [0.29, 0.717) is 11.7 Å². The number of aromatic nitrogens is 3. The number of hydrogen-bond donors (Lipinski definition) is 0. The minimum absolute atomic E-state index is 0.271. The van der Waals surface area contributed by atoms with Gasteiger partial charge >= 0.3 is 0 Å². The van der Waals surface area contributed by atoms with Crippen LogP contribution in [0.3, 0.4) is 0 Å². The van der Waals surface area contributed by atoms with Crippen molar-refractivity contribution in [2.24, 2.45) is 0 Å². The van der Waals surface area contributed by atoms with E-state index in [2.05, 4.69) is 45.7 Å². The second kappa shape index (κ2) is 11.4. The Labute approximate surface area is 199 Å². The lowest BCUT2D eigenvalue weighted by molar-refractivity contribution is 0.628. The van der Waals surface area contributed by atoms with E-state index in [0.717, 1.165) is 54.7 Å². The molecule has 2 aromatic carbocycles. The first-order chi connectivity index (χ1) is 16.3. The molecule has 0 bridgehead atoms. The van der Waals surface area contributed by atoms with Gasteiger partial charge in [0.05, 0.1) is 11.4 Å². The molecule has 2 aromatic heterocycles. The van der Waals surface area contributed by atoms with Gasteiger partial charge in [0.1, 0.15) is 5.82 Å². The Kier molecular flexibility index (Phi) is 7.90. The monoisotopic (exact) mass is 457 g/mol. The van der Waals surface area contributed by atoms with Crippen LogP contribution in [0.2, 0.25) is 0 Å². The summed E-state index contributed by atoms with van der Waals surface area (Å²) in [6, 6.07) is 20.9. The summed E-state index contributed by atoms with van der Waals surface area (Å²) in [7, 11) is 0. The SMILES string of the molecule is Fc1ccc(-c2nc(C#CCCCCl)n(CCCc3ccccc3)c2-c2ccncc2)cc1. The van der Waals surface area contributed by atoms with E-state index >= 15 is 0 Å². The molecule has 0 saturated heterocycles. The van der Waals surface area contributed by atoms with Gasteiger partial charge in [0.2, 0.25) is 0 Å². The van der Waals surface area contributed by atoms with E-state index in [4.69, 9.17) is 16.6 Å². The Morgan fingerprint density at radius 3 is 2.36 bits per heavy atom. The first-order valence-electron chi connectivity index (χ1n) is 11.1. The quantitative estimate of drug-likeness (QED) is 0.166. The minimum Gasteiger partial charge on any atom is -0.317 e. The number of imidazole rings is 1. The fourth-order valence-electron chi connectivity index (χ4n) is 3.76. The van der Waals surface area contributed by atoms with Crippen molar-refractivity contribution in [3.8, 4) is 34.4 Å². The highest BCUT2D eigenvalue weighted by atomic mass is 35.5. The maximum Gasteiger partial charge on any atom is 0.186 e. The average Bonchev–Trinajstić information content (AvgIpc) is 3.22. The van der Waals surface area contributed by atoms with Gasteiger partial charge in [-0.1, -0.05) is 36.3 Å². The summed E-state index contributed by atoms with van der Waals surface area (Å²) in [5.41, 5.74) is 4.93. The zero-order valence-corrected chi connectivity index (χ0v) is 19.1. The van der Waals surface area contributed by atoms with Crippen LogP contribution in [0.25, 0.3) is 22.5 Å². The van der Waals surface area contributed by atoms with Crippen LogP contribution < -0.4 is 0 Å². The summed E-state index contributed by atoms with van der Waals surface area (Å²) in [5, 5.41) is 0. The van der Waals surface area contributed by atoms with E-state index in [1.54, 1.807) is 24.5 Å². The maximum absolute atomic E-state index is 13.6. The number of halogens is 2. The molecule has 0 atom stereocenters. The highest BCUT2D eigenvalue weighted by molar-refractivity contribution is 6.17. The molecule has 3 nitrogen and oxygen atoms in total. The summed E-state index contributed by atoms with van der Waals surface area (Å²) in [4.78, 5) is 9.10. The van der Waals surface area contributed by atoms with Gasteiger partial charge in [0.15, 0.2) is 5.82 Å². The minimum atomic E-state index is -0.271. The van der Waals surface area contributed by atoms with Gasteiger partial charge < -0.3 is 4.57 Å². The third-order valence-corrected chi connectivity index (χ3v) is 5.63. The molecule has 2 heterocycles. The molecule has 0 aliphatic rings. The number of rotatable bonds is 8. The smallest absolute Gasteiger partial charge is 0.186 e. The number of hydrogen-bond acceptors (Lipinski definition) is 2. The van der Waals surface area contributed by atoms with Crippen molar-refractivity contribution in [1.29, 1.82) is 0 Å². The van der Waals surface area contributed by atoms with Crippen molar-refractivity contribution < 1.29 is 4.39 Å². The summed E-state index contributed by atoms with van der Waals surface area (Å²) >= 11 is 5.82. The highest BCUT2D eigenvalue weighted by Crippen LogP contribution is 2.33. The van der Waals surface area contributed by atoms with E-state index < -0.39 is 0 Å². The number of pyridine rings is 1. The molecule has 0 saturated carbocycles. The molecule has 0 amide bonds. The van der Waals surface area contributed by atoms with Crippen LogP contribution in [0.4, 0.5) is 4.39 Å². The van der Waals surface area contributed by atoms with Gasteiger partial charge in [-0.3, -0.25) is 4.98 Å². The fourth-order valence-corrected chi connectivity index (χ4v) is 3.89. The summed E-state index contributed by atoms with van der Waals surface area (Å²) in [5.74, 6) is 7.50. The van der Waals surface area contributed by atoms with Gasteiger partial charge in [-0.15, -0.1) is 11.6 Å². The van der Waals surface area contributed by atoms with Crippen molar-refractivity contribution in [1.82, 2.24) is 14.5 Å². The summed E-state index contributed by atoms with van der Waals surface area (Å²) in [6.45, 7) is 0.764. The van der Waals surface area contributed by atoms with Crippen LogP contribution in [0.1, 0.15) is 30.7 Å². The summed E-state index contributed by atoms with van der Waals surface area (Å²) in [6.07, 6.45) is 7.01.